The average Bonchev–Trinajstić information content (AvgIpc) is 3.03. The van der Waals surface area contributed by atoms with E-state index in [2.05, 4.69) is 17.5 Å². The minimum absolute atomic E-state index is 0.0265. The van der Waals surface area contributed by atoms with Crippen molar-refractivity contribution in [3.63, 3.8) is 0 Å². The Balaban J connectivity index is 1.85. The van der Waals surface area contributed by atoms with Crippen LogP contribution in [0.25, 0.3) is 0 Å². The fourth-order valence-electron chi connectivity index (χ4n) is 3.83. The van der Waals surface area contributed by atoms with Gasteiger partial charge < -0.3 is 5.32 Å². The Morgan fingerprint density at radius 3 is 2.68 bits per heavy atom. The number of nitro groups is 1. The van der Waals surface area contributed by atoms with Gasteiger partial charge in [-0.1, -0.05) is 47.0 Å². The van der Waals surface area contributed by atoms with E-state index >= 15 is 0 Å². The Morgan fingerprint density at radius 1 is 1.12 bits per heavy atom. The molecule has 0 unspecified atom stereocenters. The molecule has 25 heavy (non-hydrogen) atoms. The highest BCUT2D eigenvalue weighted by Crippen LogP contribution is 2.53. The number of anilines is 1. The lowest BCUT2D eigenvalue weighted by Gasteiger charge is -2.38. The van der Waals surface area contributed by atoms with E-state index in [0.717, 1.165) is 23.2 Å². The van der Waals surface area contributed by atoms with E-state index in [4.69, 9.17) is 34.8 Å². The minimum Gasteiger partial charge on any atom is -0.378 e. The summed E-state index contributed by atoms with van der Waals surface area (Å²) in [6, 6.07) is 7.97. The van der Waals surface area contributed by atoms with Crippen LogP contribution in [0.4, 0.5) is 11.4 Å². The second-order valence-electron chi connectivity index (χ2n) is 6.29. The fourth-order valence-corrected chi connectivity index (χ4v) is 4.69. The first kappa shape index (κ1) is 16.7. The maximum Gasteiger partial charge on any atom is 0.269 e. The van der Waals surface area contributed by atoms with E-state index in [1.54, 1.807) is 18.2 Å². The SMILES string of the molecule is O=[N+]([O-])c1ccc(Cl)c([C@@H]2Nc3cc(Cl)cc(Cl)c3[C@@H]3C=CC[C@@H]32)c1. The van der Waals surface area contributed by atoms with Crippen molar-refractivity contribution in [3.8, 4) is 0 Å². The molecule has 3 atom stereocenters. The van der Waals surface area contributed by atoms with Crippen LogP contribution in [-0.2, 0) is 0 Å². The molecule has 1 aliphatic heterocycles. The van der Waals surface area contributed by atoms with Crippen molar-refractivity contribution < 1.29 is 4.92 Å². The summed E-state index contributed by atoms with van der Waals surface area (Å²) in [5.74, 6) is 0.312. The van der Waals surface area contributed by atoms with Crippen LogP contribution in [0.2, 0.25) is 15.1 Å². The lowest BCUT2D eigenvalue weighted by Crippen LogP contribution is -2.29. The van der Waals surface area contributed by atoms with Gasteiger partial charge in [0.25, 0.3) is 5.69 Å². The third kappa shape index (κ3) is 2.78. The van der Waals surface area contributed by atoms with E-state index in [0.29, 0.717) is 15.1 Å². The van der Waals surface area contributed by atoms with E-state index in [1.165, 1.54) is 6.07 Å². The minimum atomic E-state index is -0.408. The smallest absolute Gasteiger partial charge is 0.269 e. The summed E-state index contributed by atoms with van der Waals surface area (Å²) in [5.41, 5.74) is 2.61. The van der Waals surface area contributed by atoms with Crippen molar-refractivity contribution in [2.75, 3.05) is 5.32 Å². The number of hydrogen-bond acceptors (Lipinski definition) is 3. The molecule has 2 aromatic carbocycles. The van der Waals surface area contributed by atoms with Crippen LogP contribution in [0.15, 0.2) is 42.5 Å². The number of hydrogen-bond donors (Lipinski definition) is 1. The molecule has 128 valence electrons. The van der Waals surface area contributed by atoms with E-state index in [-0.39, 0.29) is 23.6 Å². The number of fused-ring (bicyclic) bond motifs is 3. The van der Waals surface area contributed by atoms with Gasteiger partial charge in [0.2, 0.25) is 0 Å². The molecule has 0 saturated carbocycles. The van der Waals surface area contributed by atoms with Crippen molar-refractivity contribution in [3.05, 3.63) is 78.8 Å². The van der Waals surface area contributed by atoms with Gasteiger partial charge in [0.05, 0.1) is 11.0 Å². The molecule has 7 heteroatoms. The molecule has 1 N–H and O–H groups in total. The molecular weight excluding hydrogens is 383 g/mol. The summed E-state index contributed by atoms with van der Waals surface area (Å²) in [6.45, 7) is 0. The van der Waals surface area contributed by atoms with E-state index in [1.807, 2.05) is 6.07 Å². The zero-order chi connectivity index (χ0) is 17.7. The molecule has 0 spiro atoms. The van der Waals surface area contributed by atoms with Crippen molar-refractivity contribution in [2.24, 2.45) is 5.92 Å². The first-order valence-electron chi connectivity index (χ1n) is 7.81. The summed E-state index contributed by atoms with van der Waals surface area (Å²) >= 11 is 19.0. The lowest BCUT2D eigenvalue weighted by atomic mass is 9.77. The Bertz CT molecular complexity index is 913. The van der Waals surface area contributed by atoms with Crippen molar-refractivity contribution >= 4 is 46.2 Å². The molecular formula is C18H13Cl3N2O2. The van der Waals surface area contributed by atoms with E-state index < -0.39 is 4.92 Å². The predicted octanol–water partition coefficient (Wildman–Crippen LogP) is 6.38. The summed E-state index contributed by atoms with van der Waals surface area (Å²) in [7, 11) is 0. The molecule has 1 aliphatic carbocycles. The van der Waals surface area contributed by atoms with Gasteiger partial charge in [-0.15, -0.1) is 0 Å². The number of benzene rings is 2. The number of rotatable bonds is 2. The third-order valence-corrected chi connectivity index (χ3v) is 5.78. The topological polar surface area (TPSA) is 55.2 Å². The first-order valence-corrected chi connectivity index (χ1v) is 8.95. The number of non-ortho nitro benzene ring substituents is 1. The molecule has 0 aromatic heterocycles. The summed E-state index contributed by atoms with van der Waals surface area (Å²) < 4.78 is 0. The van der Waals surface area contributed by atoms with Crippen LogP contribution in [0.5, 0.6) is 0 Å². The van der Waals surface area contributed by atoms with Crippen molar-refractivity contribution in [1.82, 2.24) is 0 Å². The lowest BCUT2D eigenvalue weighted by molar-refractivity contribution is -0.384. The highest BCUT2D eigenvalue weighted by atomic mass is 35.5. The average molecular weight is 396 g/mol. The number of nitrogens with one attached hydrogen (secondary N) is 1. The molecule has 2 aromatic rings. The zero-order valence-corrected chi connectivity index (χ0v) is 15.1. The Morgan fingerprint density at radius 2 is 1.92 bits per heavy atom. The Kier molecular flexibility index (Phi) is 4.14. The van der Waals surface area contributed by atoms with Crippen LogP contribution < -0.4 is 5.32 Å². The quantitative estimate of drug-likeness (QED) is 0.364. The predicted molar refractivity (Wildman–Crippen MR) is 101 cm³/mol. The Hall–Kier alpha value is -1.75. The van der Waals surface area contributed by atoms with Crippen molar-refractivity contribution in [2.45, 2.75) is 18.4 Å². The van der Waals surface area contributed by atoms with Crippen LogP contribution in [0, 0.1) is 16.0 Å². The molecule has 4 rings (SSSR count). The fraction of sp³-hybridized carbons (Fsp3) is 0.222. The number of nitro benzene ring substituents is 1. The molecule has 1 heterocycles. The van der Waals surface area contributed by atoms with Gasteiger partial charge in [-0.25, -0.2) is 0 Å². The van der Waals surface area contributed by atoms with Crippen molar-refractivity contribution in [1.29, 1.82) is 0 Å². The summed E-state index contributed by atoms with van der Waals surface area (Å²) in [4.78, 5) is 10.7. The summed E-state index contributed by atoms with van der Waals surface area (Å²) in [6.07, 6.45) is 5.11. The summed E-state index contributed by atoms with van der Waals surface area (Å²) in [5, 5.41) is 16.3. The second-order valence-corrected chi connectivity index (χ2v) is 7.54. The normalized spacial score (nSPS) is 23.7. The van der Waals surface area contributed by atoms with E-state index in [9.17, 15) is 10.1 Å². The molecule has 0 saturated heterocycles. The molecule has 0 bridgehead atoms. The van der Waals surface area contributed by atoms with Gasteiger partial charge in [0.1, 0.15) is 0 Å². The van der Waals surface area contributed by atoms with Gasteiger partial charge in [-0.05, 0) is 30.5 Å². The van der Waals surface area contributed by atoms with Crippen LogP contribution in [-0.4, -0.2) is 4.92 Å². The highest BCUT2D eigenvalue weighted by molar-refractivity contribution is 6.35. The standard InChI is InChI=1S/C18H13Cl3N2O2/c19-9-6-15(21)17-11-2-1-3-12(11)18(22-16(17)7-9)13-8-10(23(24)25)4-5-14(13)20/h1-2,4-8,11-12,18,22H,3H2/t11-,12+,18-/m1/s1. The number of nitrogens with zero attached hydrogens (tertiary/aromatic N) is 1. The van der Waals surface area contributed by atoms with Gasteiger partial charge >= 0.3 is 0 Å². The zero-order valence-electron chi connectivity index (χ0n) is 12.9. The van der Waals surface area contributed by atoms with Crippen LogP contribution >= 0.6 is 34.8 Å². The van der Waals surface area contributed by atoms with Gasteiger partial charge in [-0.3, -0.25) is 10.1 Å². The largest absolute Gasteiger partial charge is 0.378 e. The first-order chi connectivity index (χ1) is 12.0. The molecule has 0 amide bonds. The molecule has 0 radical (unpaired) electrons. The number of allylic oxidation sites excluding steroid dienone is 2. The van der Waals surface area contributed by atoms with Gasteiger partial charge in [0, 0.05) is 49.9 Å². The maximum atomic E-state index is 11.2. The number of halogens is 3. The van der Waals surface area contributed by atoms with Crippen LogP contribution in [0.1, 0.15) is 29.5 Å². The molecule has 2 aliphatic rings. The highest BCUT2D eigenvalue weighted by Gasteiger charge is 2.40. The van der Waals surface area contributed by atoms with Gasteiger partial charge in [-0.2, -0.15) is 0 Å². The Labute approximate surface area is 159 Å². The van der Waals surface area contributed by atoms with Gasteiger partial charge in [0.15, 0.2) is 0 Å². The second kappa shape index (κ2) is 6.20. The molecule has 4 nitrogen and oxygen atoms in total. The maximum absolute atomic E-state index is 11.2. The van der Waals surface area contributed by atoms with Crippen LogP contribution in [0.3, 0.4) is 0 Å². The molecule has 0 fully saturated rings. The third-order valence-electron chi connectivity index (χ3n) is 4.91. The monoisotopic (exact) mass is 394 g/mol.